The summed E-state index contributed by atoms with van der Waals surface area (Å²) in [5, 5.41) is 4.10. The van der Waals surface area contributed by atoms with Gasteiger partial charge in [0.25, 0.3) is 0 Å². The third-order valence-corrected chi connectivity index (χ3v) is 10.9. The molecule has 4 N–H and O–H groups in total. The fourth-order valence-corrected chi connectivity index (χ4v) is 8.17. The van der Waals surface area contributed by atoms with Gasteiger partial charge in [0, 0.05) is 47.3 Å². The number of aryl methyl sites for hydroxylation is 1. The van der Waals surface area contributed by atoms with Gasteiger partial charge in [0.1, 0.15) is 35.4 Å². The normalized spacial score (nSPS) is 17.3. The molecule has 2 amide bonds. The van der Waals surface area contributed by atoms with E-state index in [9.17, 15) is 18.0 Å². The molecule has 256 valence electrons. The molecule has 2 aliphatic heterocycles. The van der Waals surface area contributed by atoms with E-state index in [4.69, 9.17) is 33.8 Å². The van der Waals surface area contributed by atoms with E-state index in [2.05, 4.69) is 20.7 Å². The lowest BCUT2D eigenvalue weighted by molar-refractivity contribution is -0.131. The highest BCUT2D eigenvalue weighted by Gasteiger charge is 2.41. The number of hydrazine groups is 1. The van der Waals surface area contributed by atoms with Gasteiger partial charge in [-0.25, -0.2) is 19.2 Å². The number of aliphatic imine (C=N–C) groups is 1. The van der Waals surface area contributed by atoms with Crippen molar-refractivity contribution >= 4 is 87.1 Å². The van der Waals surface area contributed by atoms with Gasteiger partial charge >= 0.3 is 0 Å². The highest BCUT2D eigenvalue weighted by atomic mass is 35.5. The zero-order chi connectivity index (χ0) is 32.1. The Bertz CT molecular complexity index is 1720. The number of pyridine rings is 1. The number of piperidine rings is 1. The van der Waals surface area contributed by atoms with E-state index in [1.807, 2.05) is 31.2 Å². The van der Waals surface area contributed by atoms with Crippen LogP contribution in [-0.2, 0) is 26.2 Å². The smallest absolute Gasteiger partial charge is 0.245 e. The van der Waals surface area contributed by atoms with Crippen molar-refractivity contribution in [2.75, 3.05) is 26.2 Å². The number of nitrogens with one attached hydrogen (secondary N) is 2. The molecule has 2 aromatic carbocycles. The van der Waals surface area contributed by atoms with Crippen molar-refractivity contribution in [2.45, 2.75) is 56.2 Å². The van der Waals surface area contributed by atoms with Crippen molar-refractivity contribution in [3.63, 3.8) is 0 Å². The molecule has 3 aromatic rings. The number of ether oxygens (including phenoxy) is 1. The van der Waals surface area contributed by atoms with Crippen molar-refractivity contribution in [2.24, 2.45) is 10.8 Å². The summed E-state index contributed by atoms with van der Waals surface area (Å²) in [4.78, 5) is 35.7. The standard InChI is InChI=1S/C30H35Cl2N7O5S.2ClH/c1-19-7-8-20-4-2-6-25(29(20)36-19)44-17-22-23(31)9-10-26(28(22)32)45(42,43)39-13-3-5-24(39)30(41)37-21-11-14-38(15-12-21)27(40)16-34-18-35-33;;/h2,4,6-10,18,21,24H,3,5,11-17,33H2,1H3,(H,34,35)(H,37,41);2*1H/t24-;;/m0../s1. The number of aromatic nitrogens is 1. The number of benzene rings is 2. The van der Waals surface area contributed by atoms with E-state index in [0.29, 0.717) is 55.6 Å². The summed E-state index contributed by atoms with van der Waals surface area (Å²) < 4.78 is 35.1. The molecule has 12 nitrogen and oxygen atoms in total. The minimum absolute atomic E-state index is 0. The maximum Gasteiger partial charge on any atom is 0.245 e. The van der Waals surface area contributed by atoms with Crippen molar-refractivity contribution in [3.05, 3.63) is 63.8 Å². The number of hydrogen-bond donors (Lipinski definition) is 3. The van der Waals surface area contributed by atoms with Gasteiger partial charge in [-0.15, -0.1) is 24.8 Å². The topological polar surface area (TPSA) is 159 Å². The molecule has 0 unspecified atom stereocenters. The van der Waals surface area contributed by atoms with Crippen LogP contribution in [-0.4, -0.2) is 79.0 Å². The Balaban J connectivity index is 0.00000300. The van der Waals surface area contributed by atoms with E-state index in [1.165, 1.54) is 22.8 Å². The number of fused-ring (bicyclic) bond motifs is 1. The van der Waals surface area contributed by atoms with Gasteiger partial charge in [-0.3, -0.25) is 14.6 Å². The van der Waals surface area contributed by atoms with Crippen LogP contribution in [0, 0.1) is 6.92 Å². The number of rotatable bonds is 10. The number of nitrogens with two attached hydrogens (primary N) is 1. The third kappa shape index (κ3) is 8.77. The summed E-state index contributed by atoms with van der Waals surface area (Å²) in [6.45, 7) is 2.88. The average molecular weight is 750 g/mol. The monoisotopic (exact) mass is 747 g/mol. The first kappa shape index (κ1) is 38.5. The molecular weight excluding hydrogens is 712 g/mol. The number of carbonyl (C=O) groups is 2. The number of likely N-dealkylation sites (tertiary alicyclic amines) is 1. The van der Waals surface area contributed by atoms with Crippen molar-refractivity contribution < 1.29 is 22.7 Å². The average Bonchev–Trinajstić information content (AvgIpc) is 3.53. The Morgan fingerprint density at radius 2 is 1.83 bits per heavy atom. The SMILES string of the molecule is Cc1ccc2cccc(OCc3c(Cl)ccc(S(=O)(=O)N4CCC[C@H]4C(=O)NC4CCN(C(=O)CN=CNN)CC4)c3Cl)c2n1.Cl.Cl. The molecule has 2 aliphatic rings. The molecule has 0 aliphatic carbocycles. The predicted molar refractivity (Wildman–Crippen MR) is 187 cm³/mol. The van der Waals surface area contributed by atoms with Crippen LogP contribution in [0.15, 0.2) is 52.4 Å². The zero-order valence-corrected chi connectivity index (χ0v) is 29.5. The molecule has 0 bridgehead atoms. The Hall–Kier alpha value is -2.91. The van der Waals surface area contributed by atoms with Gasteiger partial charge in [-0.05, 0) is 56.9 Å². The summed E-state index contributed by atoms with van der Waals surface area (Å²) >= 11 is 13.2. The first-order valence-corrected chi connectivity index (χ1v) is 16.8. The Morgan fingerprint density at radius 3 is 2.55 bits per heavy atom. The molecular formula is C30H37Cl4N7O5S. The lowest BCUT2D eigenvalue weighted by atomic mass is 10.0. The molecule has 0 saturated carbocycles. The highest BCUT2D eigenvalue weighted by Crippen LogP contribution is 2.36. The first-order chi connectivity index (χ1) is 21.6. The second-order valence-corrected chi connectivity index (χ2v) is 13.6. The van der Waals surface area contributed by atoms with Gasteiger partial charge in [0.2, 0.25) is 21.8 Å². The number of nitrogens with zero attached hydrogens (tertiary/aromatic N) is 4. The second kappa shape index (κ2) is 17.0. The van der Waals surface area contributed by atoms with Crippen LogP contribution in [0.2, 0.25) is 10.0 Å². The van der Waals surface area contributed by atoms with Crippen molar-refractivity contribution in [1.82, 2.24) is 24.9 Å². The van der Waals surface area contributed by atoms with Crippen LogP contribution in [0.5, 0.6) is 5.75 Å². The lowest BCUT2D eigenvalue weighted by Gasteiger charge is -2.33. The second-order valence-electron chi connectivity index (χ2n) is 11.0. The molecule has 2 fully saturated rings. The Kier molecular flexibility index (Phi) is 13.9. The molecule has 1 aromatic heterocycles. The molecule has 2 saturated heterocycles. The van der Waals surface area contributed by atoms with Crippen molar-refractivity contribution in [1.29, 1.82) is 0 Å². The van der Waals surface area contributed by atoms with Crippen LogP contribution in [0.4, 0.5) is 0 Å². The van der Waals surface area contributed by atoms with Gasteiger partial charge in [-0.2, -0.15) is 4.31 Å². The van der Waals surface area contributed by atoms with Crippen LogP contribution in [0.25, 0.3) is 10.9 Å². The third-order valence-electron chi connectivity index (χ3n) is 8.02. The lowest BCUT2D eigenvalue weighted by Crippen LogP contribution is -2.52. The molecule has 47 heavy (non-hydrogen) atoms. The van der Waals surface area contributed by atoms with E-state index >= 15 is 0 Å². The minimum atomic E-state index is -4.16. The molecule has 0 radical (unpaired) electrons. The Morgan fingerprint density at radius 1 is 1.09 bits per heavy atom. The number of halogens is 4. The van der Waals surface area contributed by atoms with Crippen molar-refractivity contribution in [3.8, 4) is 5.75 Å². The van der Waals surface area contributed by atoms with E-state index in [-0.39, 0.29) is 77.3 Å². The van der Waals surface area contributed by atoms with Gasteiger partial charge in [-0.1, -0.05) is 41.4 Å². The number of para-hydroxylation sites is 1. The molecule has 17 heteroatoms. The highest BCUT2D eigenvalue weighted by molar-refractivity contribution is 7.89. The van der Waals surface area contributed by atoms with E-state index < -0.39 is 16.1 Å². The van der Waals surface area contributed by atoms with Crippen LogP contribution in [0.3, 0.4) is 0 Å². The predicted octanol–water partition coefficient (Wildman–Crippen LogP) is 4.02. The zero-order valence-electron chi connectivity index (χ0n) is 25.5. The summed E-state index contributed by atoms with van der Waals surface area (Å²) in [5.74, 6) is 5.14. The van der Waals surface area contributed by atoms with Crippen LogP contribution >= 0.6 is 48.0 Å². The van der Waals surface area contributed by atoms with E-state index in [1.54, 1.807) is 11.0 Å². The van der Waals surface area contributed by atoms with Gasteiger partial charge in [0.05, 0.1) is 11.4 Å². The molecule has 3 heterocycles. The van der Waals surface area contributed by atoms with Gasteiger partial charge < -0.3 is 20.4 Å². The summed E-state index contributed by atoms with van der Waals surface area (Å²) in [6.07, 6.45) is 3.26. The number of sulfonamides is 1. The molecule has 1 atom stereocenters. The van der Waals surface area contributed by atoms with Crippen LogP contribution in [0.1, 0.15) is 36.9 Å². The summed E-state index contributed by atoms with van der Waals surface area (Å²) in [7, 11) is -4.16. The van der Waals surface area contributed by atoms with Crippen LogP contribution < -0.4 is 21.3 Å². The largest absolute Gasteiger partial charge is 0.487 e. The maximum atomic E-state index is 13.9. The molecule has 0 spiro atoms. The quantitative estimate of drug-likeness (QED) is 0.121. The van der Waals surface area contributed by atoms with Gasteiger partial charge in [0.15, 0.2) is 0 Å². The molecule has 5 rings (SSSR count). The maximum absolute atomic E-state index is 13.9. The number of carbonyl (C=O) groups excluding carboxylic acids is 2. The minimum Gasteiger partial charge on any atom is -0.487 e. The summed E-state index contributed by atoms with van der Waals surface area (Å²) in [6, 6.07) is 11.2. The number of hydrogen-bond acceptors (Lipinski definition) is 8. The Labute approximate surface area is 296 Å². The van der Waals surface area contributed by atoms with E-state index in [0.717, 1.165) is 11.1 Å². The fourth-order valence-electron chi connectivity index (χ4n) is 5.65. The first-order valence-electron chi connectivity index (χ1n) is 14.6. The fraction of sp³-hybridized carbons (Fsp3) is 0.400. The number of amides is 2. The summed E-state index contributed by atoms with van der Waals surface area (Å²) in [5.41, 5.74) is 4.07.